The second kappa shape index (κ2) is 8.73. The molecule has 0 radical (unpaired) electrons. The fourth-order valence-electron chi connectivity index (χ4n) is 3.84. The highest BCUT2D eigenvalue weighted by atomic mass is 14.9. The van der Waals surface area contributed by atoms with E-state index in [1.807, 2.05) is 60.7 Å². The molecule has 0 aliphatic carbocycles. The van der Waals surface area contributed by atoms with Crippen LogP contribution in [0.15, 0.2) is 133 Å². The summed E-state index contributed by atoms with van der Waals surface area (Å²) in [5.41, 5.74) is 2.24. The van der Waals surface area contributed by atoms with E-state index >= 15 is 0 Å². The predicted molar refractivity (Wildman–Crippen MR) is 135 cm³/mol. The van der Waals surface area contributed by atoms with Crippen LogP contribution in [0.5, 0.6) is 0 Å². The summed E-state index contributed by atoms with van der Waals surface area (Å²) in [6.07, 6.45) is 0. The van der Waals surface area contributed by atoms with Crippen LogP contribution in [-0.2, 0) is 0 Å². The van der Waals surface area contributed by atoms with E-state index in [0.717, 1.165) is 11.4 Å². The van der Waals surface area contributed by atoms with Gasteiger partial charge in [0.15, 0.2) is 0 Å². The first-order valence-corrected chi connectivity index (χ1v) is 10.5. The Hall–Kier alpha value is -4.10. The minimum atomic E-state index is 1.12. The van der Waals surface area contributed by atoms with Crippen molar-refractivity contribution in [2.75, 3.05) is 5.32 Å². The lowest BCUT2D eigenvalue weighted by molar-refractivity contribution is 1.55. The molecule has 0 unspecified atom stereocenters. The smallest absolute Gasteiger partial charge is 0.0384 e. The van der Waals surface area contributed by atoms with Gasteiger partial charge in [0, 0.05) is 11.4 Å². The van der Waals surface area contributed by atoms with Crippen molar-refractivity contribution in [1.29, 1.82) is 0 Å². The maximum Gasteiger partial charge on any atom is 0.0384 e. The van der Waals surface area contributed by atoms with Gasteiger partial charge in [0.05, 0.1) is 0 Å². The summed E-state index contributed by atoms with van der Waals surface area (Å²) in [5, 5.41) is 11.2. The molecule has 1 N–H and O–H groups in total. The van der Waals surface area contributed by atoms with Crippen LogP contribution < -0.4 is 5.32 Å². The normalized spacial score (nSPS) is 10.6. The first-order chi connectivity index (χ1) is 15.3. The van der Waals surface area contributed by atoms with Gasteiger partial charge in [-0.1, -0.05) is 84.9 Å². The van der Waals surface area contributed by atoms with Crippen LogP contribution in [0.3, 0.4) is 0 Å². The van der Waals surface area contributed by atoms with Gasteiger partial charge < -0.3 is 5.32 Å². The van der Waals surface area contributed by atoms with E-state index in [4.69, 9.17) is 0 Å². The molecule has 0 saturated carbocycles. The molecule has 0 heterocycles. The van der Waals surface area contributed by atoms with Gasteiger partial charge in [-0.25, -0.2) is 0 Å². The van der Waals surface area contributed by atoms with E-state index in [1.165, 1.54) is 32.3 Å². The molecule has 148 valence electrons. The fourth-order valence-corrected chi connectivity index (χ4v) is 3.84. The molecule has 0 aromatic heterocycles. The molecule has 6 rings (SSSR count). The maximum absolute atomic E-state index is 3.30. The number of hydrogen-bond acceptors (Lipinski definition) is 1. The Labute approximate surface area is 182 Å². The lowest BCUT2D eigenvalue weighted by atomic mass is 10.00. The Bertz CT molecular complexity index is 1260. The number of benzene rings is 6. The van der Waals surface area contributed by atoms with Crippen molar-refractivity contribution in [3.63, 3.8) is 0 Å². The molecule has 0 atom stereocenters. The van der Waals surface area contributed by atoms with Gasteiger partial charge in [-0.3, -0.25) is 0 Å². The number of rotatable bonds is 2. The fraction of sp³-hybridized carbons (Fsp3) is 0. The van der Waals surface area contributed by atoms with Crippen molar-refractivity contribution in [2.45, 2.75) is 0 Å². The average molecular weight is 398 g/mol. The number of nitrogens with one attached hydrogen (secondary N) is 1. The van der Waals surface area contributed by atoms with Gasteiger partial charge in [-0.05, 0) is 80.8 Å². The molecule has 1 nitrogen and oxygen atoms in total. The first kappa shape index (κ1) is 18.9. The zero-order chi connectivity index (χ0) is 20.9. The highest BCUT2D eigenvalue weighted by molar-refractivity contribution is 6.04. The second-order valence-corrected chi connectivity index (χ2v) is 7.60. The van der Waals surface area contributed by atoms with E-state index < -0.39 is 0 Å². The molecule has 0 spiro atoms. The largest absolute Gasteiger partial charge is 0.356 e. The van der Waals surface area contributed by atoms with E-state index in [0.29, 0.717) is 0 Å². The Morgan fingerprint density at radius 1 is 0.290 bits per heavy atom. The third-order valence-corrected chi connectivity index (χ3v) is 5.41. The van der Waals surface area contributed by atoms with E-state index in [-0.39, 0.29) is 0 Å². The number of para-hydroxylation sites is 2. The minimum Gasteiger partial charge on any atom is -0.356 e. The first-order valence-electron chi connectivity index (χ1n) is 10.5. The van der Waals surface area contributed by atoms with Crippen LogP contribution in [0.1, 0.15) is 0 Å². The van der Waals surface area contributed by atoms with Crippen LogP contribution in [0, 0.1) is 0 Å². The topological polar surface area (TPSA) is 12.0 Å². The average Bonchev–Trinajstić information content (AvgIpc) is 2.83. The summed E-state index contributed by atoms with van der Waals surface area (Å²) >= 11 is 0. The summed E-state index contributed by atoms with van der Waals surface area (Å²) in [6.45, 7) is 0. The van der Waals surface area contributed by atoms with Gasteiger partial charge in [-0.15, -0.1) is 0 Å². The highest BCUT2D eigenvalue weighted by Crippen LogP contribution is 2.27. The Balaban J connectivity index is 0.000000140. The molecule has 6 aromatic carbocycles. The van der Waals surface area contributed by atoms with Gasteiger partial charge in [0.2, 0.25) is 0 Å². The third-order valence-electron chi connectivity index (χ3n) is 5.41. The van der Waals surface area contributed by atoms with Crippen LogP contribution in [0.25, 0.3) is 32.3 Å². The predicted octanol–water partition coefficient (Wildman–Crippen LogP) is 8.58. The van der Waals surface area contributed by atoms with Crippen molar-refractivity contribution in [3.05, 3.63) is 133 Å². The maximum atomic E-state index is 3.30. The van der Waals surface area contributed by atoms with Gasteiger partial charge >= 0.3 is 0 Å². The molecule has 0 fully saturated rings. The molecular weight excluding hydrogens is 374 g/mol. The molecule has 0 amide bonds. The molecule has 6 aromatic rings. The molecule has 0 saturated heterocycles. The molecule has 1 heteroatoms. The highest BCUT2D eigenvalue weighted by Gasteiger charge is 2.00. The summed E-state index contributed by atoms with van der Waals surface area (Å²) in [7, 11) is 0. The van der Waals surface area contributed by atoms with E-state index in [9.17, 15) is 0 Å². The molecule has 31 heavy (non-hydrogen) atoms. The molecule has 0 aliphatic heterocycles. The van der Waals surface area contributed by atoms with Crippen LogP contribution in [-0.4, -0.2) is 0 Å². The molecule has 0 bridgehead atoms. The Kier molecular flexibility index (Phi) is 5.32. The molecular formula is C30H23N. The van der Waals surface area contributed by atoms with Crippen LogP contribution >= 0.6 is 0 Å². The van der Waals surface area contributed by atoms with Crippen LogP contribution in [0.4, 0.5) is 11.4 Å². The summed E-state index contributed by atoms with van der Waals surface area (Å²) in [4.78, 5) is 0. The van der Waals surface area contributed by atoms with Crippen LogP contribution in [0.2, 0.25) is 0 Å². The van der Waals surface area contributed by atoms with Crippen molar-refractivity contribution >= 4 is 43.7 Å². The van der Waals surface area contributed by atoms with E-state index in [2.05, 4.69) is 78.1 Å². The van der Waals surface area contributed by atoms with Gasteiger partial charge in [0.1, 0.15) is 0 Å². The summed E-state index contributed by atoms with van der Waals surface area (Å²) in [6, 6.07) is 46.4. The summed E-state index contributed by atoms with van der Waals surface area (Å²) < 4.78 is 0. The van der Waals surface area contributed by atoms with Crippen molar-refractivity contribution in [2.24, 2.45) is 0 Å². The lowest BCUT2D eigenvalue weighted by Crippen LogP contribution is -1.87. The summed E-state index contributed by atoms with van der Waals surface area (Å²) in [5.74, 6) is 0. The molecule has 0 aliphatic rings. The lowest BCUT2D eigenvalue weighted by Gasteiger charge is -2.04. The number of anilines is 2. The van der Waals surface area contributed by atoms with Gasteiger partial charge in [0.25, 0.3) is 0 Å². The number of hydrogen-bond donors (Lipinski definition) is 1. The minimum absolute atomic E-state index is 1.12. The van der Waals surface area contributed by atoms with Crippen molar-refractivity contribution < 1.29 is 0 Å². The van der Waals surface area contributed by atoms with Gasteiger partial charge in [-0.2, -0.15) is 0 Å². The van der Waals surface area contributed by atoms with Crippen molar-refractivity contribution in [1.82, 2.24) is 0 Å². The zero-order valence-electron chi connectivity index (χ0n) is 17.2. The zero-order valence-corrected chi connectivity index (χ0v) is 17.2. The Morgan fingerprint density at radius 3 is 0.903 bits per heavy atom. The Morgan fingerprint density at radius 2 is 0.581 bits per heavy atom. The monoisotopic (exact) mass is 397 g/mol. The standard InChI is InChI=1S/C18H12.C12H11N/c1-2-6-14-10-18-12-16-8-4-3-7-15(16)11-17(18)9-13(14)5-1;1-3-7-11(8-4-1)13-12-9-5-2-6-10-12/h1-12H;1-10,13H. The SMILES string of the molecule is c1ccc(Nc2ccccc2)cc1.c1ccc2cc3cc4ccccc4cc3cc2c1. The quantitative estimate of drug-likeness (QED) is 0.288. The van der Waals surface area contributed by atoms with Crippen molar-refractivity contribution in [3.8, 4) is 0 Å². The third kappa shape index (κ3) is 4.41. The number of fused-ring (bicyclic) bond motifs is 3. The second-order valence-electron chi connectivity index (χ2n) is 7.60. The van der Waals surface area contributed by atoms with E-state index in [1.54, 1.807) is 0 Å².